The quantitative estimate of drug-likeness (QED) is 0.532. The highest BCUT2D eigenvalue weighted by molar-refractivity contribution is 6.04. The SMILES string of the molecule is CC(=NNC(=O)c1cccc(F)c1)c1cccc(NC(=O)c2ccco2)c1. The average Bonchev–Trinajstić information content (AvgIpc) is 3.21. The van der Waals surface area contributed by atoms with Crippen LogP contribution in [0.4, 0.5) is 10.1 Å². The number of amides is 2. The molecule has 2 N–H and O–H groups in total. The summed E-state index contributed by atoms with van der Waals surface area (Å²) in [5, 5.41) is 6.75. The molecule has 1 heterocycles. The Labute approximate surface area is 154 Å². The van der Waals surface area contributed by atoms with Crippen LogP contribution in [0.2, 0.25) is 0 Å². The first-order valence-corrected chi connectivity index (χ1v) is 8.08. The fourth-order valence-electron chi connectivity index (χ4n) is 2.32. The van der Waals surface area contributed by atoms with Crippen molar-refractivity contribution in [3.05, 3.63) is 89.6 Å². The maximum absolute atomic E-state index is 13.2. The molecule has 6 nitrogen and oxygen atoms in total. The van der Waals surface area contributed by atoms with Crippen molar-refractivity contribution in [1.82, 2.24) is 5.43 Å². The minimum atomic E-state index is -0.517. The van der Waals surface area contributed by atoms with Crippen LogP contribution in [0, 0.1) is 5.82 Å². The lowest BCUT2D eigenvalue weighted by atomic mass is 10.1. The van der Waals surface area contributed by atoms with Crippen LogP contribution in [-0.4, -0.2) is 17.5 Å². The van der Waals surface area contributed by atoms with Gasteiger partial charge >= 0.3 is 0 Å². The summed E-state index contributed by atoms with van der Waals surface area (Å²) in [5.41, 5.74) is 4.34. The van der Waals surface area contributed by atoms with Gasteiger partial charge in [0, 0.05) is 11.3 Å². The number of benzene rings is 2. The van der Waals surface area contributed by atoms with Gasteiger partial charge in [0.15, 0.2) is 5.76 Å². The van der Waals surface area contributed by atoms with Gasteiger partial charge in [-0.3, -0.25) is 9.59 Å². The summed E-state index contributed by atoms with van der Waals surface area (Å²) in [6, 6.07) is 15.5. The van der Waals surface area contributed by atoms with Gasteiger partial charge in [0.1, 0.15) is 5.82 Å². The van der Waals surface area contributed by atoms with Crippen LogP contribution in [0.15, 0.2) is 76.4 Å². The summed E-state index contributed by atoms with van der Waals surface area (Å²) in [4.78, 5) is 24.1. The third kappa shape index (κ3) is 4.66. The van der Waals surface area contributed by atoms with E-state index in [9.17, 15) is 14.0 Å². The molecule has 0 unspecified atom stereocenters. The van der Waals surface area contributed by atoms with E-state index in [2.05, 4.69) is 15.8 Å². The van der Waals surface area contributed by atoms with Crippen molar-refractivity contribution in [2.24, 2.45) is 5.10 Å². The van der Waals surface area contributed by atoms with E-state index in [1.165, 1.54) is 24.5 Å². The van der Waals surface area contributed by atoms with E-state index in [1.54, 1.807) is 43.3 Å². The fourth-order valence-corrected chi connectivity index (χ4v) is 2.32. The lowest BCUT2D eigenvalue weighted by Gasteiger charge is -2.07. The van der Waals surface area contributed by atoms with Crippen molar-refractivity contribution in [3.8, 4) is 0 Å². The molecule has 0 spiro atoms. The van der Waals surface area contributed by atoms with Crippen molar-refractivity contribution in [1.29, 1.82) is 0 Å². The number of rotatable bonds is 5. The van der Waals surface area contributed by atoms with Crippen LogP contribution in [-0.2, 0) is 0 Å². The van der Waals surface area contributed by atoms with Gasteiger partial charge in [0.05, 0.1) is 12.0 Å². The highest BCUT2D eigenvalue weighted by Gasteiger charge is 2.10. The molecule has 3 aromatic rings. The zero-order valence-corrected chi connectivity index (χ0v) is 14.4. The molecule has 0 saturated heterocycles. The molecule has 136 valence electrons. The number of anilines is 1. The first kappa shape index (κ1) is 18.1. The minimum absolute atomic E-state index is 0.172. The third-order valence-electron chi connectivity index (χ3n) is 3.70. The number of nitrogens with zero attached hydrogens (tertiary/aromatic N) is 1. The Balaban J connectivity index is 1.69. The average molecular weight is 365 g/mol. The van der Waals surface area contributed by atoms with Crippen LogP contribution >= 0.6 is 0 Å². The van der Waals surface area contributed by atoms with Gasteiger partial charge in [-0.25, -0.2) is 9.82 Å². The maximum Gasteiger partial charge on any atom is 0.291 e. The van der Waals surface area contributed by atoms with Crippen molar-refractivity contribution in [2.75, 3.05) is 5.32 Å². The topological polar surface area (TPSA) is 83.7 Å². The zero-order valence-electron chi connectivity index (χ0n) is 14.4. The number of carbonyl (C=O) groups excluding carboxylic acids is 2. The van der Waals surface area contributed by atoms with Crippen molar-refractivity contribution < 1.29 is 18.4 Å². The predicted molar refractivity (Wildman–Crippen MR) is 99.2 cm³/mol. The number of hydrazone groups is 1. The summed E-state index contributed by atoms with van der Waals surface area (Å²) >= 11 is 0. The lowest BCUT2D eigenvalue weighted by Crippen LogP contribution is -2.19. The molecule has 0 fully saturated rings. The Morgan fingerprint density at radius 2 is 1.74 bits per heavy atom. The van der Waals surface area contributed by atoms with E-state index in [1.807, 2.05) is 0 Å². The van der Waals surface area contributed by atoms with Crippen LogP contribution < -0.4 is 10.7 Å². The van der Waals surface area contributed by atoms with Crippen molar-refractivity contribution in [3.63, 3.8) is 0 Å². The number of hydrogen-bond donors (Lipinski definition) is 2. The second-order valence-corrected chi connectivity index (χ2v) is 5.66. The van der Waals surface area contributed by atoms with E-state index in [0.29, 0.717) is 17.0 Å². The summed E-state index contributed by atoms with van der Waals surface area (Å²) in [6.07, 6.45) is 1.42. The zero-order chi connectivity index (χ0) is 19.2. The van der Waals surface area contributed by atoms with Gasteiger partial charge in [-0.1, -0.05) is 18.2 Å². The number of hydrogen-bond acceptors (Lipinski definition) is 4. The lowest BCUT2D eigenvalue weighted by molar-refractivity contribution is 0.0953. The van der Waals surface area contributed by atoms with E-state index in [-0.39, 0.29) is 17.2 Å². The van der Waals surface area contributed by atoms with E-state index >= 15 is 0 Å². The summed E-state index contributed by atoms with van der Waals surface area (Å²) < 4.78 is 18.2. The third-order valence-corrected chi connectivity index (χ3v) is 3.70. The van der Waals surface area contributed by atoms with E-state index < -0.39 is 11.7 Å². The highest BCUT2D eigenvalue weighted by Crippen LogP contribution is 2.13. The molecule has 2 aromatic carbocycles. The molecule has 1 aromatic heterocycles. The maximum atomic E-state index is 13.2. The number of carbonyl (C=O) groups is 2. The molecule has 7 heteroatoms. The molecule has 0 aliphatic carbocycles. The fraction of sp³-hybridized carbons (Fsp3) is 0.0500. The molecule has 0 aliphatic heterocycles. The number of furan rings is 1. The van der Waals surface area contributed by atoms with E-state index in [4.69, 9.17) is 4.42 Å². The van der Waals surface area contributed by atoms with E-state index in [0.717, 1.165) is 6.07 Å². The van der Waals surface area contributed by atoms with Gasteiger partial charge in [-0.15, -0.1) is 0 Å². The molecule has 0 radical (unpaired) electrons. The minimum Gasteiger partial charge on any atom is -0.459 e. The van der Waals surface area contributed by atoms with Crippen molar-refractivity contribution >= 4 is 23.2 Å². The van der Waals surface area contributed by atoms with Gasteiger partial charge in [-0.2, -0.15) is 5.10 Å². The second-order valence-electron chi connectivity index (χ2n) is 5.66. The Hall–Kier alpha value is -3.74. The van der Waals surface area contributed by atoms with Crippen molar-refractivity contribution in [2.45, 2.75) is 6.92 Å². The summed E-state index contributed by atoms with van der Waals surface area (Å²) in [6.45, 7) is 1.71. The van der Waals surface area contributed by atoms with Gasteiger partial charge in [-0.05, 0) is 55.0 Å². The smallest absolute Gasteiger partial charge is 0.291 e. The molecule has 27 heavy (non-hydrogen) atoms. The van der Waals surface area contributed by atoms with Gasteiger partial charge < -0.3 is 9.73 Å². The predicted octanol–water partition coefficient (Wildman–Crippen LogP) is 3.83. The van der Waals surface area contributed by atoms with Crippen LogP contribution in [0.5, 0.6) is 0 Å². The largest absolute Gasteiger partial charge is 0.459 e. The summed E-state index contributed by atoms with van der Waals surface area (Å²) in [5.74, 6) is -1.18. The molecular weight excluding hydrogens is 349 g/mol. The first-order valence-electron chi connectivity index (χ1n) is 8.08. The molecule has 0 atom stereocenters. The van der Waals surface area contributed by atoms with Gasteiger partial charge in [0.2, 0.25) is 0 Å². The van der Waals surface area contributed by atoms with Crippen LogP contribution in [0.3, 0.4) is 0 Å². The van der Waals surface area contributed by atoms with Crippen LogP contribution in [0.1, 0.15) is 33.4 Å². The van der Waals surface area contributed by atoms with Gasteiger partial charge in [0.25, 0.3) is 11.8 Å². The molecular formula is C20H16FN3O3. The molecule has 2 amide bonds. The molecule has 0 saturated carbocycles. The Morgan fingerprint density at radius 1 is 0.963 bits per heavy atom. The Bertz CT molecular complexity index is 997. The summed E-state index contributed by atoms with van der Waals surface area (Å²) in [7, 11) is 0. The monoisotopic (exact) mass is 365 g/mol. The molecule has 3 rings (SSSR count). The molecule has 0 aliphatic rings. The second kappa shape index (κ2) is 8.09. The van der Waals surface area contributed by atoms with Crippen LogP contribution in [0.25, 0.3) is 0 Å². The number of nitrogens with one attached hydrogen (secondary N) is 2. The normalized spacial score (nSPS) is 11.1. The molecule has 0 bridgehead atoms. The highest BCUT2D eigenvalue weighted by atomic mass is 19.1. The Morgan fingerprint density at radius 3 is 2.48 bits per heavy atom. The number of halogens is 1. The first-order chi connectivity index (χ1) is 13.0. The standard InChI is InChI=1S/C20H16FN3O3/c1-13(23-24-19(25)15-6-2-7-16(21)11-15)14-5-3-8-17(12-14)22-20(26)18-9-4-10-27-18/h2-12H,1H3,(H,22,26)(H,24,25). The Kier molecular flexibility index (Phi) is 5.41.